The average molecular weight is 565 g/mol. The zero-order valence-electron chi connectivity index (χ0n) is 27.1. The van der Waals surface area contributed by atoms with Crippen LogP contribution in [0.25, 0.3) is 0 Å². The number of rotatable bonds is 4. The minimum absolute atomic E-state index is 0.0157. The standard InChI is InChI=1S/C17H32O3.2C10H20/c18-14-17(15-20-16-10-6-9-13-19-16)11-7-4-2-1-3-5-8-12-17;2*1-2-4-6-8-10-9-7-5-3-1/h16,18H,1-15H2;2*1-10H2. The Bertz CT molecular complexity index is 419. The summed E-state index contributed by atoms with van der Waals surface area (Å²) in [6, 6.07) is 0. The lowest BCUT2D eigenvalue weighted by molar-refractivity contribution is -0.184. The molecule has 1 unspecified atom stereocenters. The van der Waals surface area contributed by atoms with E-state index in [0.717, 1.165) is 32.3 Å². The van der Waals surface area contributed by atoms with Crippen LogP contribution in [0.3, 0.4) is 0 Å². The van der Waals surface area contributed by atoms with Gasteiger partial charge in [0.2, 0.25) is 0 Å². The maximum absolute atomic E-state index is 9.93. The van der Waals surface area contributed by atoms with Crippen LogP contribution in [-0.4, -0.2) is 31.2 Å². The number of ether oxygens (including phenoxy) is 2. The van der Waals surface area contributed by atoms with Gasteiger partial charge >= 0.3 is 0 Å². The highest BCUT2D eigenvalue weighted by molar-refractivity contribution is 4.80. The second kappa shape index (κ2) is 26.5. The molecule has 40 heavy (non-hydrogen) atoms. The molecule has 0 bridgehead atoms. The number of aliphatic hydroxyl groups is 1. The molecule has 0 aromatic heterocycles. The van der Waals surface area contributed by atoms with Crippen molar-refractivity contribution in [3.8, 4) is 0 Å². The Morgan fingerprint density at radius 2 is 0.775 bits per heavy atom. The van der Waals surface area contributed by atoms with Crippen LogP contribution in [0.1, 0.15) is 205 Å². The molecule has 0 aromatic rings. The number of hydrogen-bond donors (Lipinski definition) is 1. The minimum atomic E-state index is -0.0254. The van der Waals surface area contributed by atoms with Crippen LogP contribution in [0.4, 0.5) is 0 Å². The van der Waals surface area contributed by atoms with Gasteiger partial charge in [-0.05, 0) is 32.1 Å². The molecule has 3 heteroatoms. The predicted octanol–water partition coefficient (Wildman–Crippen LogP) is 11.8. The predicted molar refractivity (Wildman–Crippen MR) is 173 cm³/mol. The summed E-state index contributed by atoms with van der Waals surface area (Å²) in [6.07, 6.45) is 44.7. The smallest absolute Gasteiger partial charge is 0.157 e. The van der Waals surface area contributed by atoms with Crippen molar-refractivity contribution in [2.24, 2.45) is 5.41 Å². The van der Waals surface area contributed by atoms with E-state index in [2.05, 4.69) is 0 Å². The van der Waals surface area contributed by atoms with Crippen molar-refractivity contribution < 1.29 is 14.6 Å². The molecular weight excluding hydrogens is 492 g/mol. The largest absolute Gasteiger partial charge is 0.396 e. The first-order chi connectivity index (χ1) is 19.8. The van der Waals surface area contributed by atoms with E-state index in [4.69, 9.17) is 9.47 Å². The zero-order chi connectivity index (χ0) is 28.2. The molecule has 4 aliphatic rings. The molecule has 0 amide bonds. The van der Waals surface area contributed by atoms with E-state index in [0.29, 0.717) is 6.61 Å². The van der Waals surface area contributed by atoms with Crippen LogP contribution in [0, 0.1) is 5.41 Å². The summed E-state index contributed by atoms with van der Waals surface area (Å²) in [7, 11) is 0. The number of hydrogen-bond acceptors (Lipinski definition) is 3. The fraction of sp³-hybridized carbons (Fsp3) is 1.00. The van der Waals surface area contributed by atoms with E-state index in [1.165, 1.54) is 180 Å². The minimum Gasteiger partial charge on any atom is -0.396 e. The SMILES string of the molecule is C1CCCCCCCCC1.C1CCCCCCCCC1.OCC1(COC2CCCCO2)CCCCCCCCC1. The third-order valence-corrected chi connectivity index (χ3v) is 9.96. The van der Waals surface area contributed by atoms with Crippen molar-refractivity contribution in [1.82, 2.24) is 0 Å². The van der Waals surface area contributed by atoms with E-state index in [-0.39, 0.29) is 18.3 Å². The average Bonchev–Trinajstić information content (AvgIpc) is 3.02. The fourth-order valence-electron chi connectivity index (χ4n) is 7.00. The summed E-state index contributed by atoms with van der Waals surface area (Å²) in [5.74, 6) is 0. The number of aliphatic hydroxyl groups excluding tert-OH is 1. The highest BCUT2D eigenvalue weighted by atomic mass is 16.7. The van der Waals surface area contributed by atoms with Crippen molar-refractivity contribution in [2.75, 3.05) is 19.8 Å². The molecule has 3 saturated carbocycles. The van der Waals surface area contributed by atoms with Gasteiger partial charge in [0.25, 0.3) is 0 Å². The molecule has 0 aromatic carbocycles. The molecule has 4 rings (SSSR count). The van der Waals surface area contributed by atoms with Crippen LogP contribution in [0.15, 0.2) is 0 Å². The molecule has 1 heterocycles. The van der Waals surface area contributed by atoms with Crippen LogP contribution in [0.2, 0.25) is 0 Å². The molecule has 0 spiro atoms. The topological polar surface area (TPSA) is 38.7 Å². The van der Waals surface area contributed by atoms with Crippen molar-refractivity contribution >= 4 is 0 Å². The molecule has 3 aliphatic carbocycles. The maximum Gasteiger partial charge on any atom is 0.157 e. The maximum atomic E-state index is 9.93. The van der Waals surface area contributed by atoms with Gasteiger partial charge in [0.15, 0.2) is 6.29 Å². The summed E-state index contributed by atoms with van der Waals surface area (Å²) in [6.45, 7) is 1.77. The Hall–Kier alpha value is -0.120. The lowest BCUT2D eigenvalue weighted by atomic mass is 9.78. The van der Waals surface area contributed by atoms with Gasteiger partial charge in [-0.15, -0.1) is 0 Å². The third kappa shape index (κ3) is 19.9. The highest BCUT2D eigenvalue weighted by Gasteiger charge is 2.31. The van der Waals surface area contributed by atoms with Crippen molar-refractivity contribution in [2.45, 2.75) is 212 Å². The Labute approximate surface area is 251 Å². The van der Waals surface area contributed by atoms with Gasteiger partial charge in [-0.25, -0.2) is 0 Å². The lowest BCUT2D eigenvalue weighted by Crippen LogP contribution is -2.35. The van der Waals surface area contributed by atoms with E-state index in [1.807, 2.05) is 0 Å². The van der Waals surface area contributed by atoms with E-state index >= 15 is 0 Å². The molecule has 1 N–H and O–H groups in total. The van der Waals surface area contributed by atoms with Gasteiger partial charge in [0.1, 0.15) is 0 Å². The Morgan fingerprint density at radius 1 is 0.450 bits per heavy atom. The van der Waals surface area contributed by atoms with Crippen molar-refractivity contribution in [3.05, 3.63) is 0 Å². The van der Waals surface area contributed by atoms with Crippen LogP contribution in [-0.2, 0) is 9.47 Å². The third-order valence-electron chi connectivity index (χ3n) is 9.96. The zero-order valence-corrected chi connectivity index (χ0v) is 27.1. The molecule has 1 atom stereocenters. The van der Waals surface area contributed by atoms with Crippen molar-refractivity contribution in [3.63, 3.8) is 0 Å². The van der Waals surface area contributed by atoms with Gasteiger partial charge in [0.05, 0.1) is 13.2 Å². The fourth-order valence-corrected chi connectivity index (χ4v) is 7.00. The summed E-state index contributed by atoms with van der Waals surface area (Å²) in [5, 5.41) is 9.93. The summed E-state index contributed by atoms with van der Waals surface area (Å²) < 4.78 is 11.7. The summed E-state index contributed by atoms with van der Waals surface area (Å²) >= 11 is 0. The molecule has 3 nitrogen and oxygen atoms in total. The molecular formula is C37H72O3. The Morgan fingerprint density at radius 3 is 1.05 bits per heavy atom. The first-order valence-electron chi connectivity index (χ1n) is 18.7. The molecule has 238 valence electrons. The summed E-state index contributed by atoms with van der Waals surface area (Å²) in [5.41, 5.74) is -0.0157. The quantitative estimate of drug-likeness (QED) is 0.369. The first-order valence-corrected chi connectivity index (χ1v) is 18.7. The van der Waals surface area contributed by atoms with Gasteiger partial charge < -0.3 is 14.6 Å². The second-order valence-electron chi connectivity index (χ2n) is 13.8. The molecule has 1 saturated heterocycles. The van der Waals surface area contributed by atoms with Crippen LogP contribution in [0.5, 0.6) is 0 Å². The molecule has 4 fully saturated rings. The van der Waals surface area contributed by atoms with Gasteiger partial charge in [0, 0.05) is 12.0 Å². The Balaban J connectivity index is 0.000000235. The van der Waals surface area contributed by atoms with Crippen molar-refractivity contribution in [1.29, 1.82) is 0 Å². The van der Waals surface area contributed by atoms with Crippen LogP contribution < -0.4 is 0 Å². The normalized spacial score (nSPS) is 26.5. The highest BCUT2D eigenvalue weighted by Crippen LogP contribution is 2.34. The van der Waals surface area contributed by atoms with E-state index < -0.39 is 0 Å². The Kier molecular flexibility index (Phi) is 23.9. The lowest BCUT2D eigenvalue weighted by Gasteiger charge is -2.35. The second-order valence-corrected chi connectivity index (χ2v) is 13.8. The van der Waals surface area contributed by atoms with Gasteiger partial charge in [-0.3, -0.25) is 0 Å². The first kappa shape index (κ1) is 36.1. The van der Waals surface area contributed by atoms with Gasteiger partial charge in [-0.1, -0.05) is 173 Å². The monoisotopic (exact) mass is 565 g/mol. The van der Waals surface area contributed by atoms with Crippen LogP contribution >= 0.6 is 0 Å². The molecule has 1 aliphatic heterocycles. The van der Waals surface area contributed by atoms with E-state index in [9.17, 15) is 5.11 Å². The summed E-state index contributed by atoms with van der Waals surface area (Å²) in [4.78, 5) is 0. The molecule has 0 radical (unpaired) electrons. The van der Waals surface area contributed by atoms with E-state index in [1.54, 1.807) is 0 Å². The van der Waals surface area contributed by atoms with Gasteiger partial charge in [-0.2, -0.15) is 0 Å².